The molecule has 1 saturated heterocycles. The van der Waals surface area contributed by atoms with E-state index in [1.165, 1.54) is 36.0 Å². The topological polar surface area (TPSA) is 61.4 Å². The Balaban J connectivity index is 1.33. The van der Waals surface area contributed by atoms with E-state index in [-0.39, 0.29) is 12.1 Å². The predicted molar refractivity (Wildman–Crippen MR) is 106 cm³/mol. The number of carbonyl (C=O) groups is 1. The number of piperazine rings is 1. The maximum absolute atomic E-state index is 12.7. The molecule has 142 valence electrons. The van der Waals surface area contributed by atoms with Crippen LogP contribution in [0.15, 0.2) is 36.7 Å². The number of benzene rings is 1. The molecule has 0 spiro atoms. The number of hydrogen-bond donors (Lipinski definition) is 1. The van der Waals surface area contributed by atoms with Crippen LogP contribution in [0.3, 0.4) is 0 Å². The number of nitrogens with one attached hydrogen (secondary N) is 1. The summed E-state index contributed by atoms with van der Waals surface area (Å²) in [7, 11) is 0. The van der Waals surface area contributed by atoms with E-state index >= 15 is 0 Å². The van der Waals surface area contributed by atoms with Gasteiger partial charge in [-0.3, -0.25) is 0 Å². The van der Waals surface area contributed by atoms with E-state index in [2.05, 4.69) is 45.3 Å². The Morgan fingerprint density at radius 1 is 1.04 bits per heavy atom. The Bertz CT molecular complexity index is 786. The van der Waals surface area contributed by atoms with Crippen LogP contribution in [-0.2, 0) is 12.8 Å². The second-order valence-corrected chi connectivity index (χ2v) is 7.43. The maximum atomic E-state index is 12.7. The van der Waals surface area contributed by atoms with Crippen molar-refractivity contribution in [3.05, 3.63) is 53.3 Å². The van der Waals surface area contributed by atoms with Crippen LogP contribution in [0, 0.1) is 0 Å². The Kier molecular flexibility index (Phi) is 5.23. The Labute approximate surface area is 160 Å². The largest absolute Gasteiger partial charge is 0.337 e. The van der Waals surface area contributed by atoms with Gasteiger partial charge in [-0.1, -0.05) is 18.2 Å². The third-order valence-electron chi connectivity index (χ3n) is 5.61. The molecule has 2 aliphatic rings. The molecule has 6 heteroatoms. The molecule has 2 amide bonds. The minimum absolute atomic E-state index is 0.00820. The first-order valence-corrected chi connectivity index (χ1v) is 9.90. The van der Waals surface area contributed by atoms with Gasteiger partial charge in [-0.05, 0) is 55.4 Å². The molecule has 1 atom stereocenters. The fraction of sp³-hybridized carbons (Fsp3) is 0.476. The molecule has 1 fully saturated rings. The van der Waals surface area contributed by atoms with Crippen molar-refractivity contribution < 1.29 is 4.79 Å². The molecule has 0 radical (unpaired) electrons. The molecule has 2 aromatic rings. The molecule has 4 rings (SSSR count). The molecule has 1 aromatic carbocycles. The van der Waals surface area contributed by atoms with E-state index in [4.69, 9.17) is 0 Å². The summed E-state index contributed by atoms with van der Waals surface area (Å²) < 4.78 is 0. The lowest BCUT2D eigenvalue weighted by atomic mass is 9.89. The van der Waals surface area contributed by atoms with Gasteiger partial charge in [0.1, 0.15) is 0 Å². The first kappa shape index (κ1) is 17.8. The van der Waals surface area contributed by atoms with Crippen molar-refractivity contribution >= 4 is 12.0 Å². The van der Waals surface area contributed by atoms with E-state index in [9.17, 15) is 4.79 Å². The molecular weight excluding hydrogens is 338 g/mol. The van der Waals surface area contributed by atoms with Crippen molar-refractivity contribution in [2.45, 2.75) is 38.6 Å². The maximum Gasteiger partial charge on any atom is 0.317 e. The lowest BCUT2D eigenvalue weighted by Gasteiger charge is -2.35. The molecule has 0 bridgehead atoms. The van der Waals surface area contributed by atoms with Crippen LogP contribution in [0.2, 0.25) is 0 Å². The Hall–Kier alpha value is -2.63. The molecular formula is C21H27N5O. The van der Waals surface area contributed by atoms with Crippen molar-refractivity contribution in [2.24, 2.45) is 0 Å². The van der Waals surface area contributed by atoms with Gasteiger partial charge < -0.3 is 15.1 Å². The van der Waals surface area contributed by atoms with Crippen LogP contribution in [0.5, 0.6) is 0 Å². The number of aromatic nitrogens is 2. The number of urea groups is 1. The van der Waals surface area contributed by atoms with Crippen LogP contribution in [0.4, 0.5) is 10.7 Å². The number of rotatable bonds is 3. The molecule has 2 heterocycles. The fourth-order valence-corrected chi connectivity index (χ4v) is 3.95. The third-order valence-corrected chi connectivity index (χ3v) is 5.61. The molecule has 1 N–H and O–H groups in total. The number of amides is 2. The minimum Gasteiger partial charge on any atom is -0.337 e. The normalized spacial score (nSPS) is 18.0. The van der Waals surface area contributed by atoms with Crippen LogP contribution in [0.25, 0.3) is 0 Å². The Morgan fingerprint density at radius 3 is 2.48 bits per heavy atom. The fourth-order valence-electron chi connectivity index (χ4n) is 3.95. The average Bonchev–Trinajstić information content (AvgIpc) is 2.74. The monoisotopic (exact) mass is 365 g/mol. The summed E-state index contributed by atoms with van der Waals surface area (Å²) in [4.78, 5) is 25.3. The van der Waals surface area contributed by atoms with Gasteiger partial charge in [0, 0.05) is 38.6 Å². The minimum atomic E-state index is 0.00820. The summed E-state index contributed by atoms with van der Waals surface area (Å²) in [6, 6.07) is 8.53. The van der Waals surface area contributed by atoms with E-state index in [0.717, 1.165) is 25.5 Å². The van der Waals surface area contributed by atoms with Gasteiger partial charge in [0.15, 0.2) is 0 Å². The van der Waals surface area contributed by atoms with Crippen LogP contribution in [-0.4, -0.2) is 47.1 Å². The highest BCUT2D eigenvalue weighted by Crippen LogP contribution is 2.25. The zero-order chi connectivity index (χ0) is 18.6. The van der Waals surface area contributed by atoms with Gasteiger partial charge in [0.05, 0.1) is 6.04 Å². The van der Waals surface area contributed by atoms with Crippen molar-refractivity contribution in [1.29, 1.82) is 0 Å². The SMILES string of the molecule is CC(NC(=O)N1CCN(c2ncccn2)CC1)c1ccc2c(c1)CCCC2. The highest BCUT2D eigenvalue weighted by molar-refractivity contribution is 5.75. The quantitative estimate of drug-likeness (QED) is 0.908. The highest BCUT2D eigenvalue weighted by atomic mass is 16.2. The molecule has 1 aromatic heterocycles. The zero-order valence-corrected chi connectivity index (χ0v) is 15.9. The summed E-state index contributed by atoms with van der Waals surface area (Å²) in [6.07, 6.45) is 8.41. The van der Waals surface area contributed by atoms with Gasteiger partial charge in [-0.15, -0.1) is 0 Å². The number of hydrogen-bond acceptors (Lipinski definition) is 4. The summed E-state index contributed by atoms with van der Waals surface area (Å²) in [6.45, 7) is 4.94. The number of nitrogens with zero attached hydrogens (tertiary/aromatic N) is 4. The highest BCUT2D eigenvalue weighted by Gasteiger charge is 2.23. The van der Waals surface area contributed by atoms with E-state index in [0.29, 0.717) is 13.1 Å². The van der Waals surface area contributed by atoms with Gasteiger partial charge >= 0.3 is 6.03 Å². The molecule has 6 nitrogen and oxygen atoms in total. The molecule has 1 unspecified atom stereocenters. The second kappa shape index (κ2) is 7.94. The third kappa shape index (κ3) is 4.04. The average molecular weight is 365 g/mol. The lowest BCUT2D eigenvalue weighted by Crippen LogP contribution is -2.52. The number of carbonyl (C=O) groups excluding carboxylic acids is 1. The van der Waals surface area contributed by atoms with Gasteiger partial charge in [-0.2, -0.15) is 0 Å². The van der Waals surface area contributed by atoms with Crippen molar-refractivity contribution in [3.63, 3.8) is 0 Å². The number of fused-ring (bicyclic) bond motifs is 1. The second-order valence-electron chi connectivity index (χ2n) is 7.43. The summed E-state index contributed by atoms with van der Waals surface area (Å²) in [5.41, 5.74) is 4.12. The van der Waals surface area contributed by atoms with E-state index in [1.807, 2.05) is 11.0 Å². The number of aryl methyl sites for hydroxylation is 2. The van der Waals surface area contributed by atoms with E-state index in [1.54, 1.807) is 12.4 Å². The lowest BCUT2D eigenvalue weighted by molar-refractivity contribution is 0.191. The summed E-state index contributed by atoms with van der Waals surface area (Å²) >= 11 is 0. The molecule has 0 saturated carbocycles. The smallest absolute Gasteiger partial charge is 0.317 e. The number of anilines is 1. The Morgan fingerprint density at radius 2 is 1.74 bits per heavy atom. The van der Waals surface area contributed by atoms with Crippen molar-refractivity contribution in [3.8, 4) is 0 Å². The molecule has 1 aliphatic carbocycles. The van der Waals surface area contributed by atoms with Crippen LogP contribution < -0.4 is 10.2 Å². The van der Waals surface area contributed by atoms with Gasteiger partial charge in [-0.25, -0.2) is 14.8 Å². The molecule has 1 aliphatic heterocycles. The van der Waals surface area contributed by atoms with Crippen LogP contribution in [0.1, 0.15) is 42.5 Å². The van der Waals surface area contributed by atoms with Gasteiger partial charge in [0.2, 0.25) is 5.95 Å². The van der Waals surface area contributed by atoms with Crippen molar-refractivity contribution in [2.75, 3.05) is 31.1 Å². The van der Waals surface area contributed by atoms with Gasteiger partial charge in [0.25, 0.3) is 0 Å². The van der Waals surface area contributed by atoms with E-state index < -0.39 is 0 Å². The summed E-state index contributed by atoms with van der Waals surface area (Å²) in [5, 5.41) is 3.16. The summed E-state index contributed by atoms with van der Waals surface area (Å²) in [5.74, 6) is 0.736. The zero-order valence-electron chi connectivity index (χ0n) is 15.9. The first-order chi connectivity index (χ1) is 13.2. The van der Waals surface area contributed by atoms with Crippen LogP contribution >= 0.6 is 0 Å². The van der Waals surface area contributed by atoms with Crippen molar-refractivity contribution in [1.82, 2.24) is 20.2 Å². The standard InChI is InChI=1S/C21H27N5O/c1-16(18-8-7-17-5-2-3-6-19(17)15-18)24-21(27)26-13-11-25(12-14-26)20-22-9-4-10-23-20/h4,7-10,15-16H,2-3,5-6,11-14H2,1H3,(H,24,27). The predicted octanol–water partition coefficient (Wildman–Crippen LogP) is 2.95. The first-order valence-electron chi connectivity index (χ1n) is 9.90. The molecule has 27 heavy (non-hydrogen) atoms.